The lowest BCUT2D eigenvalue weighted by Crippen LogP contribution is -1.93. The van der Waals surface area contributed by atoms with Crippen LogP contribution in [0.5, 0.6) is 0 Å². The molecule has 0 unspecified atom stereocenters. The number of nitrogens with zero attached hydrogens (tertiary/aromatic N) is 2. The predicted octanol–water partition coefficient (Wildman–Crippen LogP) is 2.37. The van der Waals surface area contributed by atoms with E-state index in [4.69, 9.17) is 5.11 Å². The fourth-order valence-corrected chi connectivity index (χ4v) is 2.51. The molecule has 0 aromatic carbocycles. The molecule has 0 aliphatic carbocycles. The third-order valence-electron chi connectivity index (χ3n) is 2.26. The van der Waals surface area contributed by atoms with Gasteiger partial charge in [0.15, 0.2) is 0 Å². The van der Waals surface area contributed by atoms with Crippen molar-refractivity contribution < 1.29 is 5.11 Å². The Morgan fingerprint density at radius 1 is 1.33 bits per heavy atom. The lowest BCUT2D eigenvalue weighted by molar-refractivity contribution is 0.283. The number of rotatable bonds is 7. The summed E-state index contributed by atoms with van der Waals surface area (Å²) in [4.78, 5) is 0. The third-order valence-corrected chi connectivity index (χ3v) is 3.43. The van der Waals surface area contributed by atoms with Crippen LogP contribution < -0.4 is 0 Å². The normalized spacial score (nSPS) is 10.9. The van der Waals surface area contributed by atoms with E-state index >= 15 is 0 Å². The number of aliphatic hydroxyl groups is 1. The molecule has 86 valence electrons. The molecule has 3 nitrogen and oxygen atoms in total. The maximum Gasteiger partial charge on any atom is 0.0939 e. The second-order valence-electron chi connectivity index (χ2n) is 3.73. The first-order chi connectivity index (χ1) is 7.24. The summed E-state index contributed by atoms with van der Waals surface area (Å²) in [6.45, 7) is 2.35. The molecule has 0 bridgehead atoms. The fraction of sp³-hybridized carbons (Fsp3) is 0.727. The van der Waals surface area contributed by atoms with Crippen molar-refractivity contribution in [2.45, 2.75) is 37.6 Å². The van der Waals surface area contributed by atoms with Gasteiger partial charge < -0.3 is 5.11 Å². The molecule has 0 aliphatic heterocycles. The summed E-state index contributed by atoms with van der Waals surface area (Å²) in [6, 6.07) is 2.12. The van der Waals surface area contributed by atoms with E-state index in [2.05, 4.69) is 11.2 Å². The molecule has 1 aromatic heterocycles. The quantitative estimate of drug-likeness (QED) is 0.575. The van der Waals surface area contributed by atoms with Crippen LogP contribution in [0.25, 0.3) is 0 Å². The Hall–Kier alpha value is -0.480. The van der Waals surface area contributed by atoms with E-state index in [9.17, 15) is 0 Å². The fourth-order valence-electron chi connectivity index (χ4n) is 1.47. The van der Waals surface area contributed by atoms with Crippen molar-refractivity contribution in [3.8, 4) is 0 Å². The number of aliphatic hydroxyl groups excluding tert-OH is 1. The minimum absolute atomic E-state index is 0.327. The predicted molar refractivity (Wildman–Crippen MR) is 64.2 cm³/mol. The van der Waals surface area contributed by atoms with Gasteiger partial charge in [-0.05, 0) is 31.6 Å². The third kappa shape index (κ3) is 4.71. The Kier molecular flexibility index (Phi) is 5.79. The molecule has 0 atom stereocenters. The molecule has 4 heteroatoms. The molecule has 0 spiro atoms. The summed E-state index contributed by atoms with van der Waals surface area (Å²) in [6.07, 6.45) is 4.51. The molecule has 0 aliphatic rings. The molecular weight excluding hydrogens is 208 g/mol. The summed E-state index contributed by atoms with van der Waals surface area (Å²) in [7, 11) is 1.99. The van der Waals surface area contributed by atoms with Crippen LogP contribution in [0.15, 0.2) is 11.1 Å². The smallest absolute Gasteiger partial charge is 0.0939 e. The van der Waals surface area contributed by atoms with Gasteiger partial charge in [-0.2, -0.15) is 5.10 Å². The average molecular weight is 228 g/mol. The van der Waals surface area contributed by atoms with Gasteiger partial charge in [0.25, 0.3) is 0 Å². The van der Waals surface area contributed by atoms with Crippen LogP contribution >= 0.6 is 11.8 Å². The summed E-state index contributed by atoms with van der Waals surface area (Å²) < 4.78 is 1.94. The number of hydrogen-bond donors (Lipinski definition) is 1. The van der Waals surface area contributed by atoms with Gasteiger partial charge in [0.05, 0.1) is 10.7 Å². The summed E-state index contributed by atoms with van der Waals surface area (Å²) in [5.41, 5.74) is 1.08. The van der Waals surface area contributed by atoms with Gasteiger partial charge in [0.2, 0.25) is 0 Å². The van der Waals surface area contributed by atoms with Gasteiger partial charge in [-0.3, -0.25) is 4.68 Å². The first-order valence-corrected chi connectivity index (χ1v) is 6.47. The highest BCUT2D eigenvalue weighted by Gasteiger charge is 2.01. The average Bonchev–Trinajstić information content (AvgIpc) is 2.51. The van der Waals surface area contributed by atoms with Gasteiger partial charge in [0, 0.05) is 13.7 Å². The van der Waals surface area contributed by atoms with Crippen LogP contribution in [0.3, 0.4) is 0 Å². The molecule has 1 aromatic rings. The van der Waals surface area contributed by atoms with E-state index in [0.717, 1.165) is 24.3 Å². The number of thioether (sulfide) groups is 1. The van der Waals surface area contributed by atoms with E-state index in [-0.39, 0.29) is 0 Å². The minimum atomic E-state index is 0.327. The van der Waals surface area contributed by atoms with E-state index in [1.807, 2.05) is 30.4 Å². The molecule has 1 N–H and O–H groups in total. The molecule has 15 heavy (non-hydrogen) atoms. The molecule has 0 fully saturated rings. The summed E-state index contributed by atoms with van der Waals surface area (Å²) in [5.74, 6) is 1.14. The van der Waals surface area contributed by atoms with E-state index in [1.165, 1.54) is 17.9 Å². The largest absolute Gasteiger partial charge is 0.396 e. The number of aryl methyl sites for hydroxylation is 2. The zero-order valence-electron chi connectivity index (χ0n) is 9.57. The second kappa shape index (κ2) is 6.90. The highest BCUT2D eigenvalue weighted by molar-refractivity contribution is 7.99. The van der Waals surface area contributed by atoms with E-state index in [1.54, 1.807) is 0 Å². The second-order valence-corrected chi connectivity index (χ2v) is 4.85. The summed E-state index contributed by atoms with van der Waals surface area (Å²) >= 11 is 1.86. The van der Waals surface area contributed by atoms with Crippen LogP contribution in [0.2, 0.25) is 0 Å². The first kappa shape index (κ1) is 12.6. The highest BCUT2D eigenvalue weighted by atomic mass is 32.2. The molecular formula is C11H20N2OS. The number of aromatic nitrogens is 2. The van der Waals surface area contributed by atoms with Crippen LogP contribution in [0.4, 0.5) is 0 Å². The Balaban J connectivity index is 2.12. The lowest BCUT2D eigenvalue weighted by Gasteiger charge is -2.01. The lowest BCUT2D eigenvalue weighted by atomic mass is 10.2. The van der Waals surface area contributed by atoms with Crippen LogP contribution in [-0.4, -0.2) is 27.2 Å². The van der Waals surface area contributed by atoms with Gasteiger partial charge in [-0.15, -0.1) is 11.8 Å². The summed E-state index contributed by atoms with van der Waals surface area (Å²) in [5, 5.41) is 14.2. The Bertz CT molecular complexity index is 286. The van der Waals surface area contributed by atoms with Crippen LogP contribution in [0.1, 0.15) is 31.4 Å². The maximum absolute atomic E-state index is 8.62. The van der Waals surface area contributed by atoms with Gasteiger partial charge in [-0.25, -0.2) is 0 Å². The van der Waals surface area contributed by atoms with Crippen molar-refractivity contribution in [3.63, 3.8) is 0 Å². The Labute approximate surface area is 95.9 Å². The van der Waals surface area contributed by atoms with Crippen LogP contribution in [0, 0.1) is 6.92 Å². The molecule has 0 radical (unpaired) electrons. The Morgan fingerprint density at radius 2 is 2.07 bits per heavy atom. The van der Waals surface area contributed by atoms with E-state index < -0.39 is 0 Å². The van der Waals surface area contributed by atoms with Crippen LogP contribution in [-0.2, 0) is 7.05 Å². The molecule has 1 heterocycles. The van der Waals surface area contributed by atoms with Crippen molar-refractivity contribution in [2.75, 3.05) is 12.4 Å². The topological polar surface area (TPSA) is 38.0 Å². The Morgan fingerprint density at radius 3 is 2.67 bits per heavy atom. The first-order valence-electron chi connectivity index (χ1n) is 5.48. The van der Waals surface area contributed by atoms with Crippen molar-refractivity contribution >= 4 is 11.8 Å². The van der Waals surface area contributed by atoms with Crippen molar-refractivity contribution in [3.05, 3.63) is 11.8 Å². The molecule has 1 rings (SSSR count). The maximum atomic E-state index is 8.62. The zero-order valence-corrected chi connectivity index (χ0v) is 10.4. The number of unbranched alkanes of at least 4 members (excludes halogenated alkanes) is 3. The number of hydrogen-bond acceptors (Lipinski definition) is 3. The highest BCUT2D eigenvalue weighted by Crippen LogP contribution is 2.19. The van der Waals surface area contributed by atoms with Gasteiger partial charge in [-0.1, -0.05) is 12.8 Å². The zero-order chi connectivity index (χ0) is 11.1. The molecule has 0 amide bonds. The van der Waals surface area contributed by atoms with Gasteiger partial charge >= 0.3 is 0 Å². The molecule has 0 saturated carbocycles. The van der Waals surface area contributed by atoms with Crippen molar-refractivity contribution in [2.24, 2.45) is 7.05 Å². The standard InChI is InChI=1S/C11H20N2OS/c1-10-9-11(13(2)12-10)15-8-6-4-3-5-7-14/h9,14H,3-8H2,1-2H3. The monoisotopic (exact) mass is 228 g/mol. The SMILES string of the molecule is Cc1cc(SCCCCCCO)n(C)n1. The minimum Gasteiger partial charge on any atom is -0.396 e. The van der Waals surface area contributed by atoms with E-state index in [0.29, 0.717) is 6.61 Å². The molecule has 0 saturated heterocycles. The van der Waals surface area contributed by atoms with Crippen molar-refractivity contribution in [1.82, 2.24) is 9.78 Å². The van der Waals surface area contributed by atoms with Gasteiger partial charge in [0.1, 0.15) is 0 Å². The van der Waals surface area contributed by atoms with Crippen molar-refractivity contribution in [1.29, 1.82) is 0 Å².